The number of anilines is 1. The van der Waals surface area contributed by atoms with Crippen LogP contribution in [-0.2, 0) is 4.79 Å². The number of carbonyl (C=O) groups excluding carboxylic acids is 1. The zero-order chi connectivity index (χ0) is 13.1. The Labute approximate surface area is 121 Å². The largest absolute Gasteiger partial charge is 0.463 e. The van der Waals surface area contributed by atoms with Gasteiger partial charge in [0, 0.05) is 5.38 Å². The van der Waals surface area contributed by atoms with Crippen LogP contribution < -0.4 is 11.1 Å². The Morgan fingerprint density at radius 1 is 1.53 bits per heavy atom. The molecule has 0 fully saturated rings. The van der Waals surface area contributed by atoms with Gasteiger partial charge < -0.3 is 15.5 Å². The first kappa shape index (κ1) is 15.7. The minimum atomic E-state index is -0.527. The number of thiazole rings is 1. The molecule has 0 aliphatic carbocycles. The molecule has 7 heteroatoms. The molecule has 2 aromatic heterocycles. The van der Waals surface area contributed by atoms with Crippen LogP contribution in [0.15, 0.2) is 28.2 Å². The average molecular weight is 302 g/mol. The minimum absolute atomic E-state index is 0. The quantitative estimate of drug-likeness (QED) is 0.910. The van der Waals surface area contributed by atoms with Crippen LogP contribution in [0.5, 0.6) is 0 Å². The molecular weight excluding hydrogens is 286 g/mol. The van der Waals surface area contributed by atoms with Crippen molar-refractivity contribution < 1.29 is 9.21 Å². The van der Waals surface area contributed by atoms with Gasteiger partial charge >= 0.3 is 0 Å². The lowest BCUT2D eigenvalue weighted by Crippen LogP contribution is -2.39. The van der Waals surface area contributed by atoms with Crippen LogP contribution in [0.2, 0.25) is 0 Å². The van der Waals surface area contributed by atoms with E-state index in [0.29, 0.717) is 16.6 Å². The van der Waals surface area contributed by atoms with Crippen molar-refractivity contribution in [2.24, 2.45) is 11.7 Å². The minimum Gasteiger partial charge on any atom is -0.463 e. The van der Waals surface area contributed by atoms with E-state index in [9.17, 15) is 4.79 Å². The van der Waals surface area contributed by atoms with Crippen LogP contribution in [0.3, 0.4) is 0 Å². The smallest absolute Gasteiger partial charge is 0.243 e. The van der Waals surface area contributed by atoms with Crippen molar-refractivity contribution in [1.82, 2.24) is 4.98 Å². The summed E-state index contributed by atoms with van der Waals surface area (Å²) in [5.41, 5.74) is 6.46. The second kappa shape index (κ2) is 6.70. The van der Waals surface area contributed by atoms with E-state index in [1.165, 1.54) is 11.3 Å². The third-order valence-electron chi connectivity index (χ3n) is 2.53. The number of aromatic nitrogens is 1. The molecule has 3 N–H and O–H groups in total. The van der Waals surface area contributed by atoms with Gasteiger partial charge in [0.05, 0.1) is 12.3 Å². The van der Waals surface area contributed by atoms with E-state index in [1.54, 1.807) is 12.3 Å². The lowest BCUT2D eigenvalue weighted by atomic mass is 10.1. The number of amides is 1. The van der Waals surface area contributed by atoms with Crippen molar-refractivity contribution in [3.05, 3.63) is 23.8 Å². The fourth-order valence-corrected chi connectivity index (χ4v) is 2.06. The molecule has 0 bridgehead atoms. The molecule has 0 saturated heterocycles. The van der Waals surface area contributed by atoms with E-state index in [4.69, 9.17) is 10.2 Å². The predicted octanol–water partition coefficient (Wildman–Crippen LogP) is 2.75. The fourth-order valence-electron chi connectivity index (χ4n) is 1.36. The zero-order valence-electron chi connectivity index (χ0n) is 10.6. The van der Waals surface area contributed by atoms with E-state index in [-0.39, 0.29) is 24.2 Å². The Balaban J connectivity index is 0.00000180. The molecule has 104 valence electrons. The normalized spacial score (nSPS) is 12.0. The number of furan rings is 1. The Hall–Kier alpha value is -1.37. The van der Waals surface area contributed by atoms with Crippen molar-refractivity contribution in [3.63, 3.8) is 0 Å². The SMILES string of the molecule is CC(C)[C@H](N)C(=O)Nc1nc(-c2ccco2)cs1.Cl. The molecule has 0 radical (unpaired) electrons. The number of halogens is 1. The first-order chi connectivity index (χ1) is 8.58. The number of nitrogens with two attached hydrogens (primary N) is 1. The van der Waals surface area contributed by atoms with Gasteiger partial charge in [-0.05, 0) is 18.1 Å². The maximum atomic E-state index is 11.8. The predicted molar refractivity (Wildman–Crippen MR) is 78.5 cm³/mol. The molecule has 0 saturated carbocycles. The third-order valence-corrected chi connectivity index (χ3v) is 3.29. The van der Waals surface area contributed by atoms with E-state index in [1.807, 2.05) is 25.3 Å². The molecular formula is C12H16ClN3O2S. The summed E-state index contributed by atoms with van der Waals surface area (Å²) in [6.45, 7) is 3.81. The Morgan fingerprint density at radius 3 is 2.84 bits per heavy atom. The Kier molecular flexibility index (Phi) is 5.53. The van der Waals surface area contributed by atoms with E-state index < -0.39 is 6.04 Å². The summed E-state index contributed by atoms with van der Waals surface area (Å²) < 4.78 is 5.23. The van der Waals surface area contributed by atoms with E-state index in [2.05, 4.69) is 10.3 Å². The topological polar surface area (TPSA) is 81.2 Å². The highest BCUT2D eigenvalue weighted by atomic mass is 35.5. The van der Waals surface area contributed by atoms with E-state index in [0.717, 1.165) is 0 Å². The molecule has 2 aromatic rings. The lowest BCUT2D eigenvalue weighted by molar-refractivity contribution is -0.118. The summed E-state index contributed by atoms with van der Waals surface area (Å²) in [6, 6.07) is 3.09. The molecule has 5 nitrogen and oxygen atoms in total. The van der Waals surface area contributed by atoms with Gasteiger partial charge in [0.15, 0.2) is 10.9 Å². The van der Waals surface area contributed by atoms with Crippen molar-refractivity contribution in [3.8, 4) is 11.5 Å². The summed E-state index contributed by atoms with van der Waals surface area (Å²) >= 11 is 1.35. The van der Waals surface area contributed by atoms with Crippen LogP contribution in [0.25, 0.3) is 11.5 Å². The fraction of sp³-hybridized carbons (Fsp3) is 0.333. The van der Waals surface area contributed by atoms with Crippen molar-refractivity contribution in [2.75, 3.05) is 5.32 Å². The Bertz CT molecular complexity index is 525. The van der Waals surface area contributed by atoms with Gasteiger partial charge in [0.1, 0.15) is 5.69 Å². The molecule has 2 heterocycles. The van der Waals surface area contributed by atoms with Crippen molar-refractivity contribution >= 4 is 34.8 Å². The van der Waals surface area contributed by atoms with Gasteiger partial charge in [0.2, 0.25) is 5.91 Å². The molecule has 0 spiro atoms. The lowest BCUT2D eigenvalue weighted by Gasteiger charge is -2.13. The first-order valence-electron chi connectivity index (χ1n) is 5.64. The third kappa shape index (κ3) is 3.79. The zero-order valence-corrected chi connectivity index (χ0v) is 12.3. The number of nitrogens with zero attached hydrogens (tertiary/aromatic N) is 1. The summed E-state index contributed by atoms with van der Waals surface area (Å²) in [4.78, 5) is 16.0. The number of nitrogens with one attached hydrogen (secondary N) is 1. The molecule has 0 unspecified atom stereocenters. The molecule has 0 aliphatic heterocycles. The van der Waals surface area contributed by atoms with Gasteiger partial charge in [-0.2, -0.15) is 0 Å². The first-order valence-corrected chi connectivity index (χ1v) is 6.51. The number of carbonyl (C=O) groups is 1. The van der Waals surface area contributed by atoms with Gasteiger partial charge in [-0.1, -0.05) is 13.8 Å². The highest BCUT2D eigenvalue weighted by molar-refractivity contribution is 7.14. The second-order valence-electron chi connectivity index (χ2n) is 4.27. The second-order valence-corrected chi connectivity index (χ2v) is 5.13. The summed E-state index contributed by atoms with van der Waals surface area (Å²) in [5.74, 6) is 0.555. The summed E-state index contributed by atoms with van der Waals surface area (Å²) in [7, 11) is 0. The van der Waals surface area contributed by atoms with Gasteiger partial charge in [-0.15, -0.1) is 23.7 Å². The molecule has 1 atom stereocenters. The van der Waals surface area contributed by atoms with E-state index >= 15 is 0 Å². The summed E-state index contributed by atoms with van der Waals surface area (Å²) in [6.07, 6.45) is 1.58. The standard InChI is InChI=1S/C12H15N3O2S.ClH/c1-7(2)10(13)11(16)15-12-14-8(6-18-12)9-4-3-5-17-9;/h3-7,10H,13H2,1-2H3,(H,14,15,16);1H/t10-;/m0./s1. The van der Waals surface area contributed by atoms with Gasteiger partial charge in [-0.3, -0.25) is 4.79 Å². The molecule has 19 heavy (non-hydrogen) atoms. The van der Waals surface area contributed by atoms with Crippen LogP contribution in [0.1, 0.15) is 13.8 Å². The van der Waals surface area contributed by atoms with Crippen molar-refractivity contribution in [1.29, 1.82) is 0 Å². The van der Waals surface area contributed by atoms with Crippen LogP contribution >= 0.6 is 23.7 Å². The van der Waals surface area contributed by atoms with Crippen molar-refractivity contribution in [2.45, 2.75) is 19.9 Å². The molecule has 0 aromatic carbocycles. The van der Waals surface area contributed by atoms with Crippen LogP contribution in [0, 0.1) is 5.92 Å². The summed E-state index contributed by atoms with van der Waals surface area (Å²) in [5, 5.41) is 5.07. The maximum Gasteiger partial charge on any atom is 0.243 e. The highest BCUT2D eigenvalue weighted by Gasteiger charge is 2.18. The highest BCUT2D eigenvalue weighted by Crippen LogP contribution is 2.25. The van der Waals surface area contributed by atoms with Gasteiger partial charge in [0.25, 0.3) is 0 Å². The number of rotatable bonds is 4. The van der Waals surface area contributed by atoms with Crippen LogP contribution in [-0.4, -0.2) is 16.9 Å². The average Bonchev–Trinajstić information content (AvgIpc) is 2.96. The number of hydrogen-bond acceptors (Lipinski definition) is 5. The van der Waals surface area contributed by atoms with Crippen LogP contribution in [0.4, 0.5) is 5.13 Å². The molecule has 2 rings (SSSR count). The Morgan fingerprint density at radius 2 is 2.26 bits per heavy atom. The monoisotopic (exact) mass is 301 g/mol. The molecule has 0 aliphatic rings. The molecule has 1 amide bonds. The maximum absolute atomic E-state index is 11.8. The van der Waals surface area contributed by atoms with Gasteiger partial charge in [-0.25, -0.2) is 4.98 Å². The number of hydrogen-bond donors (Lipinski definition) is 2.